The van der Waals surface area contributed by atoms with Gasteiger partial charge in [-0.3, -0.25) is 0 Å². The number of nitrogens with two attached hydrogens (primary N) is 1. The molecule has 0 radical (unpaired) electrons. The summed E-state index contributed by atoms with van der Waals surface area (Å²) >= 11 is 3.11. The zero-order valence-corrected chi connectivity index (χ0v) is 8.65. The van der Waals surface area contributed by atoms with Crippen molar-refractivity contribution >= 4 is 15.9 Å². The molecule has 1 rings (SSSR count). The van der Waals surface area contributed by atoms with Gasteiger partial charge in [-0.25, -0.2) is 4.39 Å². The number of halogens is 2. The lowest BCUT2D eigenvalue weighted by atomic mass is 10.0. The Morgan fingerprint density at radius 1 is 1.50 bits per heavy atom. The maximum atomic E-state index is 13.0. The summed E-state index contributed by atoms with van der Waals surface area (Å²) in [5.41, 5.74) is 7.52. The van der Waals surface area contributed by atoms with Crippen molar-refractivity contribution in [1.29, 1.82) is 0 Å². The molecule has 66 valence electrons. The highest BCUT2D eigenvalue weighted by Gasteiger charge is 2.07. The first-order valence-corrected chi connectivity index (χ1v) is 4.53. The molecule has 0 unspecified atom stereocenters. The van der Waals surface area contributed by atoms with Crippen molar-refractivity contribution in [3.63, 3.8) is 0 Å². The van der Waals surface area contributed by atoms with Crippen LogP contribution in [-0.4, -0.2) is 0 Å². The second-order valence-corrected chi connectivity index (χ2v) is 3.77. The van der Waals surface area contributed by atoms with Gasteiger partial charge in [0.05, 0.1) is 4.47 Å². The molecule has 0 saturated carbocycles. The zero-order chi connectivity index (χ0) is 9.30. The van der Waals surface area contributed by atoms with Crippen LogP contribution in [0.15, 0.2) is 16.6 Å². The lowest BCUT2D eigenvalue weighted by Crippen LogP contribution is -2.07. The van der Waals surface area contributed by atoms with Crippen molar-refractivity contribution in [1.82, 2.24) is 0 Å². The minimum Gasteiger partial charge on any atom is -0.324 e. The number of rotatable bonds is 1. The molecule has 0 amide bonds. The maximum absolute atomic E-state index is 13.0. The fourth-order valence-corrected chi connectivity index (χ4v) is 1.61. The van der Waals surface area contributed by atoms with Gasteiger partial charge in [0.1, 0.15) is 5.82 Å². The van der Waals surface area contributed by atoms with Crippen LogP contribution in [0.4, 0.5) is 4.39 Å². The van der Waals surface area contributed by atoms with Crippen LogP contribution in [0.1, 0.15) is 24.1 Å². The molecule has 0 bridgehead atoms. The van der Waals surface area contributed by atoms with Crippen molar-refractivity contribution in [2.75, 3.05) is 0 Å². The van der Waals surface area contributed by atoms with E-state index in [0.717, 1.165) is 11.1 Å². The number of benzene rings is 1. The molecule has 0 aromatic heterocycles. The summed E-state index contributed by atoms with van der Waals surface area (Å²) < 4.78 is 13.5. The molecule has 1 aromatic rings. The van der Waals surface area contributed by atoms with E-state index >= 15 is 0 Å². The van der Waals surface area contributed by atoms with Gasteiger partial charge < -0.3 is 5.73 Å². The van der Waals surface area contributed by atoms with Gasteiger partial charge in [-0.05, 0) is 53.0 Å². The fraction of sp³-hybridized carbons (Fsp3) is 0.333. The zero-order valence-electron chi connectivity index (χ0n) is 7.07. The quantitative estimate of drug-likeness (QED) is 0.791. The smallest absolute Gasteiger partial charge is 0.137 e. The van der Waals surface area contributed by atoms with Crippen LogP contribution in [0, 0.1) is 12.7 Å². The van der Waals surface area contributed by atoms with Crippen LogP contribution in [0.25, 0.3) is 0 Å². The second kappa shape index (κ2) is 3.54. The molecule has 12 heavy (non-hydrogen) atoms. The molecule has 1 aromatic carbocycles. The number of aryl methyl sites for hydroxylation is 1. The third-order valence-electron chi connectivity index (χ3n) is 1.80. The molecule has 0 fully saturated rings. The predicted octanol–water partition coefficient (Wildman–Crippen LogP) is 2.92. The first kappa shape index (κ1) is 9.68. The standard InChI is InChI=1S/C9H11BrFN/c1-5-3-8(10)9(11)4-7(5)6(2)12/h3-4,6H,12H2,1-2H3/t6-/m1/s1. The summed E-state index contributed by atoms with van der Waals surface area (Å²) in [6.07, 6.45) is 0. The van der Waals surface area contributed by atoms with E-state index < -0.39 is 0 Å². The Kier molecular flexibility index (Phi) is 2.85. The van der Waals surface area contributed by atoms with Gasteiger partial charge in [-0.1, -0.05) is 0 Å². The summed E-state index contributed by atoms with van der Waals surface area (Å²) in [7, 11) is 0. The highest BCUT2D eigenvalue weighted by molar-refractivity contribution is 9.10. The van der Waals surface area contributed by atoms with Crippen LogP contribution in [0.2, 0.25) is 0 Å². The van der Waals surface area contributed by atoms with E-state index in [1.165, 1.54) is 6.07 Å². The Hall–Kier alpha value is -0.410. The molecule has 0 saturated heterocycles. The van der Waals surface area contributed by atoms with E-state index in [9.17, 15) is 4.39 Å². The molecule has 0 heterocycles. The Labute approximate surface area is 79.9 Å². The highest BCUT2D eigenvalue weighted by Crippen LogP contribution is 2.23. The number of hydrogen-bond acceptors (Lipinski definition) is 1. The lowest BCUT2D eigenvalue weighted by Gasteiger charge is -2.10. The predicted molar refractivity (Wildman–Crippen MR) is 51.4 cm³/mol. The molecule has 1 nitrogen and oxygen atoms in total. The Bertz CT molecular complexity index is 297. The molecule has 0 spiro atoms. The third-order valence-corrected chi connectivity index (χ3v) is 2.41. The summed E-state index contributed by atoms with van der Waals surface area (Å²) in [4.78, 5) is 0. The van der Waals surface area contributed by atoms with Gasteiger partial charge in [0.2, 0.25) is 0 Å². The fourth-order valence-electron chi connectivity index (χ4n) is 1.15. The summed E-state index contributed by atoms with van der Waals surface area (Å²) in [6.45, 7) is 3.76. The van der Waals surface area contributed by atoms with E-state index in [-0.39, 0.29) is 11.9 Å². The third kappa shape index (κ3) is 1.84. The lowest BCUT2D eigenvalue weighted by molar-refractivity contribution is 0.614. The molecule has 0 aliphatic carbocycles. The van der Waals surface area contributed by atoms with Gasteiger partial charge in [0.25, 0.3) is 0 Å². The van der Waals surface area contributed by atoms with Crippen molar-refractivity contribution in [3.05, 3.63) is 33.5 Å². The van der Waals surface area contributed by atoms with Crippen molar-refractivity contribution in [3.8, 4) is 0 Å². The average Bonchev–Trinajstić information content (AvgIpc) is 1.96. The van der Waals surface area contributed by atoms with E-state index in [1.807, 2.05) is 13.8 Å². The largest absolute Gasteiger partial charge is 0.324 e. The van der Waals surface area contributed by atoms with Crippen molar-refractivity contribution in [2.45, 2.75) is 19.9 Å². The van der Waals surface area contributed by atoms with Crippen LogP contribution in [-0.2, 0) is 0 Å². The van der Waals surface area contributed by atoms with E-state index in [0.29, 0.717) is 4.47 Å². The summed E-state index contributed by atoms with van der Waals surface area (Å²) in [6, 6.07) is 3.10. The molecule has 3 heteroatoms. The topological polar surface area (TPSA) is 26.0 Å². The molecule has 1 atom stereocenters. The Morgan fingerprint density at radius 3 is 2.58 bits per heavy atom. The van der Waals surface area contributed by atoms with Crippen LogP contribution in [0.3, 0.4) is 0 Å². The van der Waals surface area contributed by atoms with Gasteiger partial charge in [0, 0.05) is 6.04 Å². The molecule has 2 N–H and O–H groups in total. The first-order chi connectivity index (χ1) is 5.52. The van der Waals surface area contributed by atoms with Gasteiger partial charge >= 0.3 is 0 Å². The molecule has 0 aliphatic heterocycles. The van der Waals surface area contributed by atoms with E-state index in [2.05, 4.69) is 15.9 Å². The SMILES string of the molecule is Cc1cc(Br)c(F)cc1[C@@H](C)N. The second-order valence-electron chi connectivity index (χ2n) is 2.91. The molecule has 0 aliphatic rings. The first-order valence-electron chi connectivity index (χ1n) is 3.73. The Morgan fingerprint density at radius 2 is 2.08 bits per heavy atom. The minimum absolute atomic E-state index is 0.118. The van der Waals surface area contributed by atoms with Crippen LogP contribution < -0.4 is 5.73 Å². The monoisotopic (exact) mass is 231 g/mol. The van der Waals surface area contributed by atoms with Crippen LogP contribution >= 0.6 is 15.9 Å². The van der Waals surface area contributed by atoms with Gasteiger partial charge in [-0.2, -0.15) is 0 Å². The van der Waals surface area contributed by atoms with E-state index in [4.69, 9.17) is 5.73 Å². The van der Waals surface area contributed by atoms with Gasteiger partial charge in [-0.15, -0.1) is 0 Å². The highest BCUT2D eigenvalue weighted by atomic mass is 79.9. The van der Waals surface area contributed by atoms with Crippen LogP contribution in [0.5, 0.6) is 0 Å². The minimum atomic E-state index is -0.257. The molecular weight excluding hydrogens is 221 g/mol. The van der Waals surface area contributed by atoms with Crippen molar-refractivity contribution in [2.24, 2.45) is 5.73 Å². The average molecular weight is 232 g/mol. The normalized spacial score (nSPS) is 13.1. The van der Waals surface area contributed by atoms with E-state index in [1.54, 1.807) is 6.07 Å². The number of hydrogen-bond donors (Lipinski definition) is 1. The Balaban J connectivity index is 3.23. The molecular formula is C9H11BrFN. The maximum Gasteiger partial charge on any atom is 0.137 e. The summed E-state index contributed by atoms with van der Waals surface area (Å²) in [5, 5.41) is 0. The van der Waals surface area contributed by atoms with Crippen molar-refractivity contribution < 1.29 is 4.39 Å². The van der Waals surface area contributed by atoms with Gasteiger partial charge in [0.15, 0.2) is 0 Å². The summed E-state index contributed by atoms with van der Waals surface area (Å²) in [5.74, 6) is -0.257.